The zero-order valence-corrected chi connectivity index (χ0v) is 14.0. The van der Waals surface area contributed by atoms with Gasteiger partial charge in [0.1, 0.15) is 0 Å². The molecule has 1 aliphatic carbocycles. The Morgan fingerprint density at radius 2 is 2.00 bits per heavy atom. The summed E-state index contributed by atoms with van der Waals surface area (Å²) < 4.78 is 1.20. The summed E-state index contributed by atoms with van der Waals surface area (Å²) in [5, 5.41) is 3.31. The summed E-state index contributed by atoms with van der Waals surface area (Å²) in [6.45, 7) is 2.19. The van der Waals surface area contributed by atoms with E-state index in [1.807, 2.05) is 7.05 Å². The van der Waals surface area contributed by atoms with Crippen molar-refractivity contribution >= 4 is 21.6 Å². The predicted octanol–water partition coefficient (Wildman–Crippen LogP) is 4.33. The number of rotatable bonds is 3. The topological polar surface area (TPSA) is 15.3 Å². The van der Waals surface area contributed by atoms with Crippen LogP contribution in [0.15, 0.2) is 22.7 Å². The highest BCUT2D eigenvalue weighted by Crippen LogP contribution is 2.39. The van der Waals surface area contributed by atoms with E-state index in [0.29, 0.717) is 0 Å². The lowest BCUT2D eigenvalue weighted by molar-refractivity contribution is 0.243. The molecule has 3 rings (SSSR count). The van der Waals surface area contributed by atoms with Gasteiger partial charge in [-0.1, -0.05) is 34.8 Å². The molecule has 20 heavy (non-hydrogen) atoms. The van der Waals surface area contributed by atoms with Gasteiger partial charge in [0.05, 0.1) is 0 Å². The summed E-state index contributed by atoms with van der Waals surface area (Å²) in [5.74, 6) is 0.930. The molecule has 0 amide bonds. The van der Waals surface area contributed by atoms with Gasteiger partial charge >= 0.3 is 0 Å². The highest BCUT2D eigenvalue weighted by molar-refractivity contribution is 9.10. The molecule has 2 nitrogen and oxygen atoms in total. The zero-order valence-electron chi connectivity index (χ0n) is 12.4. The lowest BCUT2D eigenvalue weighted by Crippen LogP contribution is -2.47. The predicted molar refractivity (Wildman–Crippen MR) is 89.2 cm³/mol. The molecular weight excluding hydrogens is 312 g/mol. The standard InChI is InChI=1S/C17H25BrN2/c1-19-12-14-8-9-15(18)11-17(14)20-10-4-6-13-5-2-3-7-16(13)20/h8-9,11,13,16,19H,2-7,10,12H2,1H3. The molecule has 2 unspecified atom stereocenters. The third-order valence-electron chi connectivity index (χ3n) is 4.97. The van der Waals surface area contributed by atoms with Crippen LogP contribution in [-0.4, -0.2) is 19.6 Å². The fourth-order valence-electron chi connectivity index (χ4n) is 4.07. The number of piperidine rings is 1. The third kappa shape index (κ3) is 2.89. The molecule has 3 heteroatoms. The molecule has 1 N–H and O–H groups in total. The molecule has 2 aliphatic rings. The van der Waals surface area contributed by atoms with Crippen molar-refractivity contribution in [2.24, 2.45) is 5.92 Å². The Balaban J connectivity index is 1.91. The van der Waals surface area contributed by atoms with Crippen LogP contribution in [0.2, 0.25) is 0 Å². The number of hydrogen-bond donors (Lipinski definition) is 1. The molecule has 1 saturated heterocycles. The van der Waals surface area contributed by atoms with E-state index in [2.05, 4.69) is 44.3 Å². The zero-order chi connectivity index (χ0) is 13.9. The maximum absolute atomic E-state index is 3.65. The average Bonchev–Trinajstić information content (AvgIpc) is 2.49. The molecule has 0 bridgehead atoms. The summed E-state index contributed by atoms with van der Waals surface area (Å²) in [6, 6.07) is 7.53. The van der Waals surface area contributed by atoms with Crippen molar-refractivity contribution in [2.45, 2.75) is 51.1 Å². The van der Waals surface area contributed by atoms with Crippen molar-refractivity contribution in [3.05, 3.63) is 28.2 Å². The molecule has 1 aromatic carbocycles. The minimum absolute atomic E-state index is 0.780. The Bertz CT molecular complexity index is 458. The molecule has 0 spiro atoms. The van der Waals surface area contributed by atoms with Crippen LogP contribution in [0.1, 0.15) is 44.1 Å². The lowest BCUT2D eigenvalue weighted by Gasteiger charge is -2.46. The van der Waals surface area contributed by atoms with Crippen molar-refractivity contribution in [3.63, 3.8) is 0 Å². The summed E-state index contributed by atoms with van der Waals surface area (Å²) in [5.41, 5.74) is 2.88. The molecular formula is C17H25BrN2. The van der Waals surface area contributed by atoms with Crippen molar-refractivity contribution < 1.29 is 0 Å². The number of nitrogens with zero attached hydrogens (tertiary/aromatic N) is 1. The normalized spacial score (nSPS) is 26.4. The van der Waals surface area contributed by atoms with Crippen LogP contribution in [0.3, 0.4) is 0 Å². The fourth-order valence-corrected chi connectivity index (χ4v) is 4.42. The molecule has 110 valence electrons. The number of nitrogens with one attached hydrogen (secondary N) is 1. The van der Waals surface area contributed by atoms with Gasteiger partial charge in [-0.05, 0) is 56.3 Å². The van der Waals surface area contributed by atoms with Gasteiger partial charge in [0, 0.05) is 29.3 Å². The van der Waals surface area contributed by atoms with E-state index < -0.39 is 0 Å². The first-order chi connectivity index (χ1) is 9.79. The van der Waals surface area contributed by atoms with E-state index in [4.69, 9.17) is 0 Å². The highest BCUT2D eigenvalue weighted by Gasteiger charge is 2.33. The molecule has 0 aromatic heterocycles. The van der Waals surface area contributed by atoms with Crippen molar-refractivity contribution in [1.82, 2.24) is 5.32 Å². The van der Waals surface area contributed by atoms with Gasteiger partial charge in [0.2, 0.25) is 0 Å². The second kappa shape index (κ2) is 6.48. The molecule has 1 aromatic rings. The monoisotopic (exact) mass is 336 g/mol. The van der Waals surface area contributed by atoms with E-state index in [1.165, 1.54) is 60.8 Å². The average molecular weight is 337 g/mol. The first-order valence-electron chi connectivity index (χ1n) is 7.99. The Morgan fingerprint density at radius 1 is 1.20 bits per heavy atom. The molecule has 1 aliphatic heterocycles. The van der Waals surface area contributed by atoms with E-state index >= 15 is 0 Å². The lowest BCUT2D eigenvalue weighted by atomic mass is 9.78. The molecule has 1 heterocycles. The SMILES string of the molecule is CNCc1ccc(Br)cc1N1CCCC2CCCCC21. The van der Waals surface area contributed by atoms with Gasteiger partial charge in [0.15, 0.2) is 0 Å². The first kappa shape index (κ1) is 14.4. The Morgan fingerprint density at radius 3 is 2.85 bits per heavy atom. The summed E-state index contributed by atoms with van der Waals surface area (Å²) >= 11 is 3.65. The molecule has 1 saturated carbocycles. The van der Waals surface area contributed by atoms with Crippen LogP contribution < -0.4 is 10.2 Å². The first-order valence-corrected chi connectivity index (χ1v) is 8.78. The van der Waals surface area contributed by atoms with E-state index in [0.717, 1.165) is 18.5 Å². The van der Waals surface area contributed by atoms with Gasteiger partial charge in [0.25, 0.3) is 0 Å². The van der Waals surface area contributed by atoms with Crippen molar-refractivity contribution in [2.75, 3.05) is 18.5 Å². The Kier molecular flexibility index (Phi) is 4.67. The smallest absolute Gasteiger partial charge is 0.0425 e. The quantitative estimate of drug-likeness (QED) is 0.883. The summed E-state index contributed by atoms with van der Waals surface area (Å²) in [4.78, 5) is 2.71. The van der Waals surface area contributed by atoms with Gasteiger partial charge in [-0.25, -0.2) is 0 Å². The third-order valence-corrected chi connectivity index (χ3v) is 5.46. The summed E-state index contributed by atoms with van der Waals surface area (Å²) in [6.07, 6.45) is 8.47. The van der Waals surface area contributed by atoms with Gasteiger partial charge in [-0.3, -0.25) is 0 Å². The largest absolute Gasteiger partial charge is 0.368 e. The number of fused-ring (bicyclic) bond motifs is 1. The maximum atomic E-state index is 3.65. The van der Waals surface area contributed by atoms with Crippen molar-refractivity contribution in [1.29, 1.82) is 0 Å². The number of halogens is 1. The number of anilines is 1. The van der Waals surface area contributed by atoms with Gasteiger partial charge in [-0.15, -0.1) is 0 Å². The molecule has 2 fully saturated rings. The van der Waals surface area contributed by atoms with Crippen LogP contribution >= 0.6 is 15.9 Å². The highest BCUT2D eigenvalue weighted by atomic mass is 79.9. The molecule has 0 radical (unpaired) electrons. The van der Waals surface area contributed by atoms with Crippen LogP contribution in [0.25, 0.3) is 0 Å². The van der Waals surface area contributed by atoms with E-state index in [1.54, 1.807) is 0 Å². The van der Waals surface area contributed by atoms with Gasteiger partial charge in [-0.2, -0.15) is 0 Å². The van der Waals surface area contributed by atoms with Crippen LogP contribution in [0, 0.1) is 5.92 Å². The van der Waals surface area contributed by atoms with Crippen LogP contribution in [0.5, 0.6) is 0 Å². The Labute approximate surface area is 131 Å². The van der Waals surface area contributed by atoms with Crippen molar-refractivity contribution in [3.8, 4) is 0 Å². The maximum Gasteiger partial charge on any atom is 0.0425 e. The van der Waals surface area contributed by atoms with E-state index in [9.17, 15) is 0 Å². The van der Waals surface area contributed by atoms with Gasteiger partial charge < -0.3 is 10.2 Å². The minimum Gasteiger partial charge on any atom is -0.368 e. The minimum atomic E-state index is 0.780. The Hall–Kier alpha value is -0.540. The number of benzene rings is 1. The van der Waals surface area contributed by atoms with E-state index in [-0.39, 0.29) is 0 Å². The second-order valence-corrected chi connectivity index (χ2v) is 7.17. The fraction of sp³-hybridized carbons (Fsp3) is 0.647. The van der Waals surface area contributed by atoms with Crippen LogP contribution in [-0.2, 0) is 6.54 Å². The second-order valence-electron chi connectivity index (χ2n) is 6.25. The number of hydrogen-bond acceptors (Lipinski definition) is 2. The van der Waals surface area contributed by atoms with Crippen LogP contribution in [0.4, 0.5) is 5.69 Å². The summed E-state index contributed by atoms with van der Waals surface area (Å²) in [7, 11) is 2.03. The molecule has 2 atom stereocenters.